The van der Waals surface area contributed by atoms with Crippen molar-refractivity contribution in [2.75, 3.05) is 44.0 Å². The summed E-state index contributed by atoms with van der Waals surface area (Å²) < 4.78 is 0. The first-order valence-corrected chi connectivity index (χ1v) is 9.85. The van der Waals surface area contributed by atoms with Crippen LogP contribution in [0.15, 0.2) is 60.4 Å². The largest absolute Gasteiger partial charge is 0.398 e. The Labute approximate surface area is 177 Å². The lowest BCUT2D eigenvalue weighted by Crippen LogP contribution is -2.47. The van der Waals surface area contributed by atoms with Gasteiger partial charge in [-0.2, -0.15) is 0 Å². The number of hydrazine groups is 1. The molecular formula is C22H29N7O. The van der Waals surface area contributed by atoms with Crippen LogP contribution in [-0.2, 0) is 11.2 Å². The molecule has 0 spiro atoms. The molecule has 158 valence electrons. The fourth-order valence-corrected chi connectivity index (χ4v) is 3.34. The molecule has 0 unspecified atom stereocenters. The van der Waals surface area contributed by atoms with Gasteiger partial charge in [0.05, 0.1) is 23.5 Å². The molecule has 1 fully saturated rings. The first-order valence-electron chi connectivity index (χ1n) is 9.85. The van der Waals surface area contributed by atoms with Crippen LogP contribution >= 0.6 is 0 Å². The Bertz CT molecular complexity index is 948. The molecule has 30 heavy (non-hydrogen) atoms. The predicted octanol–water partition coefficient (Wildman–Crippen LogP) is 1.13. The quantitative estimate of drug-likeness (QED) is 0.246. The van der Waals surface area contributed by atoms with Gasteiger partial charge in [0, 0.05) is 43.6 Å². The van der Waals surface area contributed by atoms with Crippen molar-refractivity contribution in [2.45, 2.75) is 6.42 Å². The first kappa shape index (κ1) is 21.4. The molecule has 1 saturated heterocycles. The molecule has 8 nitrogen and oxygen atoms in total. The van der Waals surface area contributed by atoms with Gasteiger partial charge in [0.15, 0.2) is 0 Å². The molecule has 8 heteroatoms. The number of nitrogen functional groups attached to an aromatic ring is 1. The Morgan fingerprint density at radius 1 is 1.13 bits per heavy atom. The van der Waals surface area contributed by atoms with Crippen LogP contribution in [0.2, 0.25) is 0 Å². The standard InChI is InChI=1S/C22H29N7O/c1-27-9-11-28(12-10-27)21(30)14-16-5-4-6-17(13-16)29(26)15-20(24)22(25)18-7-2-3-8-19(18)23/h2-8,13,15,25H,9-12,14,23-24,26H2,1H3/b20-15-,25-22?. The fourth-order valence-electron chi connectivity index (χ4n) is 3.34. The van der Waals surface area contributed by atoms with E-state index in [2.05, 4.69) is 11.9 Å². The maximum Gasteiger partial charge on any atom is 0.227 e. The number of hydrogen-bond donors (Lipinski definition) is 4. The molecular weight excluding hydrogens is 378 g/mol. The highest BCUT2D eigenvalue weighted by Crippen LogP contribution is 2.18. The van der Waals surface area contributed by atoms with E-state index in [4.69, 9.17) is 22.7 Å². The normalized spacial score (nSPS) is 15.1. The minimum Gasteiger partial charge on any atom is -0.398 e. The van der Waals surface area contributed by atoms with Crippen molar-refractivity contribution in [1.29, 1.82) is 5.41 Å². The van der Waals surface area contributed by atoms with Crippen molar-refractivity contribution in [3.05, 3.63) is 71.6 Å². The molecule has 1 heterocycles. The summed E-state index contributed by atoms with van der Waals surface area (Å²) in [4.78, 5) is 16.7. The van der Waals surface area contributed by atoms with Crippen molar-refractivity contribution < 1.29 is 4.79 Å². The Hall–Kier alpha value is -3.36. The summed E-state index contributed by atoms with van der Waals surface area (Å²) in [5, 5.41) is 9.64. The molecule has 0 aliphatic carbocycles. The van der Waals surface area contributed by atoms with Gasteiger partial charge in [-0.3, -0.25) is 15.2 Å². The number of carbonyl (C=O) groups is 1. The summed E-state index contributed by atoms with van der Waals surface area (Å²) in [6.45, 7) is 3.29. The molecule has 0 bridgehead atoms. The minimum absolute atomic E-state index is 0.102. The van der Waals surface area contributed by atoms with E-state index in [-0.39, 0.29) is 17.3 Å². The van der Waals surface area contributed by atoms with Crippen LogP contribution in [0.5, 0.6) is 0 Å². The smallest absolute Gasteiger partial charge is 0.227 e. The fraction of sp³-hybridized carbons (Fsp3) is 0.273. The lowest BCUT2D eigenvalue weighted by molar-refractivity contribution is -0.132. The molecule has 0 radical (unpaired) electrons. The van der Waals surface area contributed by atoms with E-state index < -0.39 is 0 Å². The van der Waals surface area contributed by atoms with Crippen LogP contribution < -0.4 is 22.3 Å². The highest BCUT2D eigenvalue weighted by molar-refractivity contribution is 6.13. The number of allylic oxidation sites excluding steroid dienone is 1. The maximum absolute atomic E-state index is 12.6. The second kappa shape index (κ2) is 9.43. The first-order chi connectivity index (χ1) is 14.3. The number of nitrogens with two attached hydrogens (primary N) is 3. The molecule has 1 aliphatic heterocycles. The third kappa shape index (κ3) is 5.16. The van der Waals surface area contributed by atoms with Crippen molar-refractivity contribution in [3.8, 4) is 0 Å². The van der Waals surface area contributed by atoms with Crippen molar-refractivity contribution in [2.24, 2.45) is 11.6 Å². The summed E-state index contributed by atoms with van der Waals surface area (Å²) in [5.74, 6) is 6.27. The van der Waals surface area contributed by atoms with Gasteiger partial charge in [0.25, 0.3) is 0 Å². The van der Waals surface area contributed by atoms with E-state index in [1.54, 1.807) is 24.3 Å². The third-order valence-corrected chi connectivity index (χ3v) is 5.22. The van der Waals surface area contributed by atoms with E-state index in [9.17, 15) is 4.79 Å². The number of nitrogens with zero attached hydrogens (tertiary/aromatic N) is 3. The SMILES string of the molecule is CN1CCN(C(=O)Cc2cccc(N(N)/C=C(\N)C(=N)c3ccccc3N)c2)CC1. The lowest BCUT2D eigenvalue weighted by atomic mass is 10.1. The van der Waals surface area contributed by atoms with Gasteiger partial charge in [0.2, 0.25) is 5.91 Å². The second-order valence-electron chi connectivity index (χ2n) is 7.48. The molecule has 2 aromatic carbocycles. The monoisotopic (exact) mass is 407 g/mol. The van der Waals surface area contributed by atoms with Crippen molar-refractivity contribution in [1.82, 2.24) is 9.80 Å². The van der Waals surface area contributed by atoms with Crippen LogP contribution in [0.25, 0.3) is 0 Å². The van der Waals surface area contributed by atoms with E-state index in [0.29, 0.717) is 23.4 Å². The topological polar surface area (TPSA) is 129 Å². The van der Waals surface area contributed by atoms with Gasteiger partial charge in [-0.15, -0.1) is 0 Å². The van der Waals surface area contributed by atoms with Gasteiger partial charge in [-0.25, -0.2) is 5.84 Å². The van der Waals surface area contributed by atoms with Crippen LogP contribution in [0.4, 0.5) is 11.4 Å². The highest BCUT2D eigenvalue weighted by Gasteiger charge is 2.19. The number of likely N-dealkylation sites (N-methyl/N-ethyl adjacent to an activating group) is 1. The number of amides is 1. The Balaban J connectivity index is 1.68. The Morgan fingerprint density at radius 2 is 1.83 bits per heavy atom. The molecule has 0 saturated carbocycles. The predicted molar refractivity (Wildman–Crippen MR) is 121 cm³/mol. The van der Waals surface area contributed by atoms with Crippen LogP contribution in [0, 0.1) is 5.41 Å². The zero-order valence-electron chi connectivity index (χ0n) is 17.2. The van der Waals surface area contributed by atoms with Crippen LogP contribution in [0.3, 0.4) is 0 Å². The zero-order chi connectivity index (χ0) is 21.7. The molecule has 7 N–H and O–H groups in total. The van der Waals surface area contributed by atoms with E-state index in [0.717, 1.165) is 31.7 Å². The molecule has 0 atom stereocenters. The lowest BCUT2D eigenvalue weighted by Gasteiger charge is -2.32. The third-order valence-electron chi connectivity index (χ3n) is 5.22. The van der Waals surface area contributed by atoms with Gasteiger partial charge in [-0.05, 0) is 30.8 Å². The molecule has 1 aliphatic rings. The summed E-state index contributed by atoms with van der Waals surface area (Å²) in [6.07, 6.45) is 1.80. The molecule has 3 rings (SSSR count). The van der Waals surface area contributed by atoms with E-state index in [1.165, 1.54) is 11.2 Å². The summed E-state index contributed by atoms with van der Waals surface area (Å²) in [7, 11) is 2.06. The van der Waals surface area contributed by atoms with Gasteiger partial charge < -0.3 is 21.3 Å². The van der Waals surface area contributed by atoms with Crippen LogP contribution in [-0.4, -0.2) is 54.6 Å². The number of para-hydroxylation sites is 1. The van der Waals surface area contributed by atoms with Crippen molar-refractivity contribution in [3.63, 3.8) is 0 Å². The molecule has 2 aromatic rings. The number of benzene rings is 2. The van der Waals surface area contributed by atoms with E-state index >= 15 is 0 Å². The molecule has 1 amide bonds. The van der Waals surface area contributed by atoms with Gasteiger partial charge >= 0.3 is 0 Å². The number of anilines is 2. The average Bonchev–Trinajstić information content (AvgIpc) is 2.74. The number of piperazine rings is 1. The maximum atomic E-state index is 12.6. The summed E-state index contributed by atoms with van der Waals surface area (Å²) in [5.41, 5.74) is 14.9. The average molecular weight is 408 g/mol. The number of rotatable bonds is 6. The highest BCUT2D eigenvalue weighted by atomic mass is 16.2. The Morgan fingerprint density at radius 3 is 2.53 bits per heavy atom. The zero-order valence-corrected chi connectivity index (χ0v) is 17.2. The molecule has 0 aromatic heterocycles. The number of hydrogen-bond acceptors (Lipinski definition) is 7. The minimum atomic E-state index is 0.102. The number of nitrogens with one attached hydrogen (secondary N) is 1. The van der Waals surface area contributed by atoms with Gasteiger partial charge in [0.1, 0.15) is 0 Å². The van der Waals surface area contributed by atoms with Crippen LogP contribution in [0.1, 0.15) is 11.1 Å². The van der Waals surface area contributed by atoms with Gasteiger partial charge in [-0.1, -0.05) is 30.3 Å². The summed E-state index contributed by atoms with van der Waals surface area (Å²) in [6, 6.07) is 14.5. The summed E-state index contributed by atoms with van der Waals surface area (Å²) >= 11 is 0. The second-order valence-corrected chi connectivity index (χ2v) is 7.48. The number of carbonyl (C=O) groups excluding carboxylic acids is 1. The van der Waals surface area contributed by atoms with Crippen molar-refractivity contribution >= 4 is 23.0 Å². The van der Waals surface area contributed by atoms with E-state index in [1.807, 2.05) is 29.2 Å². The Kier molecular flexibility index (Phi) is 6.71.